The van der Waals surface area contributed by atoms with Gasteiger partial charge in [0.1, 0.15) is 36.3 Å². The number of nitrogen functional groups attached to an aromatic ring is 1. The molecule has 1 saturated heterocycles. The molecule has 288 valence electrons. The van der Waals surface area contributed by atoms with E-state index in [1.807, 2.05) is 0 Å². The maximum absolute atomic E-state index is 12.6. The van der Waals surface area contributed by atoms with Gasteiger partial charge in [0, 0.05) is 41.6 Å². The molecule has 1 fully saturated rings. The number of aliphatic hydroxyl groups excluding tert-OH is 2. The molecule has 0 spiro atoms. The Morgan fingerprint density at radius 1 is 1.12 bits per heavy atom. The fraction of sp³-hybridized carbons (Fsp3) is 0.652. The van der Waals surface area contributed by atoms with Crippen molar-refractivity contribution >= 4 is 69.1 Å². The smallest absolute Gasteiger partial charge is 0.386 e. The Hall–Kier alpha value is -2.44. The normalized spacial score (nSPS) is 23.7. The number of phosphoric ester groups is 3. The van der Waals surface area contributed by atoms with Crippen LogP contribution in [0.5, 0.6) is 0 Å². The molecule has 3 heterocycles. The van der Waals surface area contributed by atoms with Crippen LogP contribution in [0.2, 0.25) is 0 Å². The summed E-state index contributed by atoms with van der Waals surface area (Å²) in [5, 5.41) is 25.0. The van der Waals surface area contributed by atoms with Gasteiger partial charge in [-0.25, -0.2) is 28.6 Å². The summed E-state index contributed by atoms with van der Waals surface area (Å²) < 4.78 is 82.8. The van der Waals surface area contributed by atoms with E-state index in [1.165, 1.54) is 13.8 Å². The van der Waals surface area contributed by atoms with Crippen molar-refractivity contribution in [2.75, 3.05) is 37.8 Å². The van der Waals surface area contributed by atoms with Crippen LogP contribution in [0.1, 0.15) is 37.5 Å². The summed E-state index contributed by atoms with van der Waals surface area (Å²) in [5.41, 5.74) is 4.18. The van der Waals surface area contributed by atoms with Crippen molar-refractivity contribution in [1.82, 2.24) is 30.2 Å². The average Bonchev–Trinajstić information content (AvgIpc) is 3.60. The number of anilines is 1. The second-order valence-corrected chi connectivity index (χ2v) is 16.5. The van der Waals surface area contributed by atoms with E-state index in [0.717, 1.165) is 17.2 Å². The van der Waals surface area contributed by atoms with E-state index in [4.69, 9.17) is 23.6 Å². The highest BCUT2D eigenvalue weighted by atomic mass is 32.2. The summed E-state index contributed by atoms with van der Waals surface area (Å²) in [4.78, 5) is 86.5. The van der Waals surface area contributed by atoms with E-state index >= 15 is 0 Å². The fourth-order valence-electron chi connectivity index (χ4n) is 4.27. The lowest BCUT2D eigenvalue weighted by molar-refractivity contribution is -0.137. The first-order valence-corrected chi connectivity index (χ1v) is 19.8. The summed E-state index contributed by atoms with van der Waals surface area (Å²) >= 11 is 0.515. The predicted molar refractivity (Wildman–Crippen MR) is 173 cm³/mol. The average molecular weight is 813 g/mol. The van der Waals surface area contributed by atoms with Gasteiger partial charge in [0.2, 0.25) is 11.8 Å². The van der Waals surface area contributed by atoms with Gasteiger partial charge < -0.3 is 50.9 Å². The number of hydrogen-bond acceptors (Lipinski definition) is 18. The van der Waals surface area contributed by atoms with E-state index in [-0.39, 0.29) is 42.2 Å². The Balaban J connectivity index is 1.51. The highest BCUT2D eigenvalue weighted by molar-refractivity contribution is 8.13. The quantitative estimate of drug-likeness (QED) is 0.0587. The van der Waals surface area contributed by atoms with Crippen molar-refractivity contribution in [3.05, 3.63) is 12.7 Å². The number of imidazole rings is 1. The lowest BCUT2D eigenvalue weighted by atomic mass is 9.87. The number of amides is 2. The molecule has 0 aromatic carbocycles. The van der Waals surface area contributed by atoms with Gasteiger partial charge in [-0.05, 0) is 0 Å². The van der Waals surface area contributed by atoms with Gasteiger partial charge in [-0.15, -0.1) is 0 Å². The Bertz CT molecular complexity index is 1820. The van der Waals surface area contributed by atoms with Crippen molar-refractivity contribution < 1.29 is 84.6 Å². The number of aliphatic hydroxyl groups is 2. The van der Waals surface area contributed by atoms with Crippen LogP contribution in [-0.4, -0.2) is 123 Å². The number of thioether (sulfide) groups is 1. The first kappa shape index (κ1) is 38.3. The molecule has 0 saturated carbocycles. The molecular formula is C23H38N7O17P3S. The molecule has 3 rings (SSSR count). The van der Waals surface area contributed by atoms with Crippen LogP contribution < -0.4 is 16.4 Å². The van der Waals surface area contributed by atoms with Gasteiger partial charge >= 0.3 is 23.5 Å². The molecule has 2 aromatic heterocycles. The van der Waals surface area contributed by atoms with E-state index in [9.17, 15) is 57.9 Å². The number of nitrogens with two attached hydrogens (primary N) is 1. The molecule has 0 radical (unpaired) electrons. The number of nitrogens with one attached hydrogen (secondary N) is 2. The van der Waals surface area contributed by atoms with Gasteiger partial charge in [-0.1, -0.05) is 25.6 Å². The van der Waals surface area contributed by atoms with Crippen LogP contribution in [-0.2, 0) is 50.7 Å². The van der Waals surface area contributed by atoms with Crippen LogP contribution in [0.4, 0.5) is 5.82 Å². The van der Waals surface area contributed by atoms with Crippen LogP contribution >= 0.6 is 35.2 Å². The lowest BCUT2D eigenvalue weighted by Gasteiger charge is -2.30. The topological polar surface area (TPSA) is 364 Å². The first-order chi connectivity index (χ1) is 24.7. The zero-order valence-corrected chi connectivity index (χ0v) is 30.1. The summed E-state index contributed by atoms with van der Waals surface area (Å²) in [5.74, 6) is -1.67. The SMILES string of the molecule is [2H]C([2H])([2H])C(=O)SCCNC(=O)CCNC(=O)[C@H](O)C(C)(C)COP(=O)(O)OP(=O)(O)OC[C@H]1O[C@@H](n2cnc3c(N)ncnc32)[C@H](O)[C@@H]1OP(=O)(O)O. The molecule has 10 N–H and O–H groups in total. The molecule has 1 aliphatic rings. The van der Waals surface area contributed by atoms with E-state index in [0.29, 0.717) is 11.8 Å². The van der Waals surface area contributed by atoms with Crippen molar-refractivity contribution in [2.45, 2.75) is 57.8 Å². The van der Waals surface area contributed by atoms with Crippen LogP contribution in [0.3, 0.4) is 0 Å². The molecule has 51 heavy (non-hydrogen) atoms. The molecule has 0 bridgehead atoms. The fourth-order valence-corrected chi connectivity index (χ4v) is 7.49. The lowest BCUT2D eigenvalue weighted by Crippen LogP contribution is -2.46. The number of carbonyl (C=O) groups is 3. The number of aromatic nitrogens is 4. The third kappa shape index (κ3) is 12.9. The second kappa shape index (κ2) is 17.6. The summed E-state index contributed by atoms with van der Waals surface area (Å²) in [6, 6.07) is 0. The monoisotopic (exact) mass is 812 g/mol. The molecular weight excluding hydrogens is 771 g/mol. The zero-order chi connectivity index (χ0) is 40.9. The van der Waals surface area contributed by atoms with Crippen molar-refractivity contribution in [1.29, 1.82) is 0 Å². The van der Waals surface area contributed by atoms with Crippen molar-refractivity contribution in [3.8, 4) is 0 Å². The van der Waals surface area contributed by atoms with Crippen LogP contribution in [0.25, 0.3) is 11.2 Å². The highest BCUT2D eigenvalue weighted by Gasteiger charge is 2.50. The molecule has 2 unspecified atom stereocenters. The Morgan fingerprint density at radius 3 is 2.47 bits per heavy atom. The molecule has 28 heteroatoms. The third-order valence-electron chi connectivity index (χ3n) is 6.73. The largest absolute Gasteiger partial charge is 0.481 e. The number of ether oxygens (including phenoxy) is 1. The Labute approximate surface area is 297 Å². The number of carbonyl (C=O) groups excluding carboxylic acids is 3. The number of hydrogen-bond donors (Lipinski definition) is 9. The molecule has 2 aromatic rings. The molecule has 24 nitrogen and oxygen atoms in total. The van der Waals surface area contributed by atoms with Gasteiger partial charge in [0.25, 0.3) is 0 Å². The van der Waals surface area contributed by atoms with Gasteiger partial charge in [-0.2, -0.15) is 4.31 Å². The minimum Gasteiger partial charge on any atom is -0.386 e. The zero-order valence-electron chi connectivity index (χ0n) is 29.6. The third-order valence-corrected chi connectivity index (χ3v) is 10.5. The van der Waals surface area contributed by atoms with Gasteiger partial charge in [-0.3, -0.25) is 32.5 Å². The van der Waals surface area contributed by atoms with Gasteiger partial charge in [0.15, 0.2) is 22.8 Å². The number of phosphoric acid groups is 3. The first-order valence-electron chi connectivity index (χ1n) is 15.8. The summed E-state index contributed by atoms with van der Waals surface area (Å²) in [7, 11) is -16.4. The maximum atomic E-state index is 12.6. The minimum atomic E-state index is -5.59. The number of rotatable bonds is 19. The molecule has 0 aliphatic carbocycles. The highest BCUT2D eigenvalue weighted by Crippen LogP contribution is 2.61. The van der Waals surface area contributed by atoms with E-state index in [2.05, 4.69) is 34.4 Å². The second-order valence-electron chi connectivity index (χ2n) is 11.2. The minimum absolute atomic E-state index is 0.00929. The summed E-state index contributed by atoms with van der Waals surface area (Å²) in [6.07, 6.45) is -7.16. The van der Waals surface area contributed by atoms with Crippen LogP contribution in [0.15, 0.2) is 12.7 Å². The molecule has 1 aliphatic heterocycles. The number of nitrogens with zero attached hydrogens (tertiary/aromatic N) is 4. The van der Waals surface area contributed by atoms with E-state index in [1.54, 1.807) is 0 Å². The van der Waals surface area contributed by atoms with Crippen LogP contribution in [0, 0.1) is 5.41 Å². The molecule has 7 atom stereocenters. The summed E-state index contributed by atoms with van der Waals surface area (Å²) in [6.45, 7) is -2.75. The van der Waals surface area contributed by atoms with E-state index < -0.39 is 96.5 Å². The van der Waals surface area contributed by atoms with Crippen molar-refractivity contribution in [2.24, 2.45) is 5.41 Å². The standard InChI is InChI=1S/C23H38N7O17P3S/c1-12(31)51-7-6-25-14(32)4-5-26-21(35)18(34)23(2,3)9-44-50(41,42)47-49(39,40)43-8-13-17(46-48(36,37)38)16(33)22(45-13)30-11-29-15-19(24)27-10-28-20(15)30/h10-11,13,16-18,22,33-34H,4-9H2,1-3H3,(H,25,32)(H,26,35)(H,39,40)(H,41,42)(H2,24,27,28)(H2,36,37,38)/t13-,16-,17-,18+,22-/m1/s1/i1D3. The maximum Gasteiger partial charge on any atom is 0.481 e. The number of fused-ring (bicyclic) bond motifs is 1. The Morgan fingerprint density at radius 2 is 1.80 bits per heavy atom. The van der Waals surface area contributed by atoms with Crippen molar-refractivity contribution in [3.63, 3.8) is 0 Å². The Kier molecular flexibility index (Phi) is 13.2. The molecule has 2 amide bonds. The van der Waals surface area contributed by atoms with Gasteiger partial charge in [0.05, 0.1) is 19.5 Å². The predicted octanol–water partition coefficient (Wildman–Crippen LogP) is -1.32.